The molecule has 0 fully saturated rings. The van der Waals surface area contributed by atoms with Gasteiger partial charge in [-0.3, -0.25) is 0 Å². The Bertz CT molecular complexity index is 630. The van der Waals surface area contributed by atoms with Crippen LogP contribution >= 0.6 is 0 Å². The number of hydrogen-bond donors (Lipinski definition) is 1. The molecule has 1 aliphatic heterocycles. The maximum Gasteiger partial charge on any atom is 0.165 e. The molecular weight excluding hydrogens is 269 g/mol. The molecule has 21 heavy (non-hydrogen) atoms. The number of hydrogen-bond acceptors (Lipinski definition) is 3. The summed E-state index contributed by atoms with van der Waals surface area (Å²) in [6.45, 7) is 1.19. The first-order chi connectivity index (χ1) is 10.3. The minimum atomic E-state index is -0.387. The molecule has 2 aromatic rings. The standard InChI is InChI=1S/C17H18FNO2/c18-15-7-3-5-13(10-19)17(15)21-11-16-14-6-2-1-4-12(14)8-9-20-16/h1-7,16H,8-11,19H2. The van der Waals surface area contributed by atoms with Gasteiger partial charge in [0.2, 0.25) is 0 Å². The third-order valence-electron chi connectivity index (χ3n) is 3.74. The second-order valence-corrected chi connectivity index (χ2v) is 5.05. The van der Waals surface area contributed by atoms with Crippen molar-refractivity contribution in [3.05, 3.63) is 65.0 Å². The van der Waals surface area contributed by atoms with Gasteiger partial charge in [-0.05, 0) is 23.6 Å². The Balaban J connectivity index is 1.78. The van der Waals surface area contributed by atoms with E-state index in [0.29, 0.717) is 12.2 Å². The fourth-order valence-corrected chi connectivity index (χ4v) is 2.65. The summed E-state index contributed by atoms with van der Waals surface area (Å²) in [5, 5.41) is 0. The number of benzene rings is 2. The van der Waals surface area contributed by atoms with Gasteiger partial charge in [-0.25, -0.2) is 4.39 Å². The second kappa shape index (κ2) is 6.24. The van der Waals surface area contributed by atoms with Gasteiger partial charge in [0.05, 0.1) is 6.61 Å². The van der Waals surface area contributed by atoms with Crippen LogP contribution in [-0.4, -0.2) is 13.2 Å². The van der Waals surface area contributed by atoms with Gasteiger partial charge in [-0.15, -0.1) is 0 Å². The highest BCUT2D eigenvalue weighted by atomic mass is 19.1. The Kier molecular flexibility index (Phi) is 4.18. The summed E-state index contributed by atoms with van der Waals surface area (Å²) >= 11 is 0. The van der Waals surface area contributed by atoms with E-state index in [2.05, 4.69) is 6.07 Å². The lowest BCUT2D eigenvalue weighted by atomic mass is 9.98. The van der Waals surface area contributed by atoms with E-state index < -0.39 is 0 Å². The van der Waals surface area contributed by atoms with Crippen molar-refractivity contribution < 1.29 is 13.9 Å². The van der Waals surface area contributed by atoms with Crippen LogP contribution in [0.2, 0.25) is 0 Å². The summed E-state index contributed by atoms with van der Waals surface area (Å²) in [5.74, 6) is -0.159. The summed E-state index contributed by atoms with van der Waals surface area (Å²) in [6.07, 6.45) is 0.737. The maximum atomic E-state index is 13.9. The molecule has 0 spiro atoms. The molecule has 1 aliphatic rings. The fourth-order valence-electron chi connectivity index (χ4n) is 2.65. The third-order valence-corrected chi connectivity index (χ3v) is 3.74. The zero-order chi connectivity index (χ0) is 14.7. The quantitative estimate of drug-likeness (QED) is 0.940. The number of rotatable bonds is 4. The van der Waals surface area contributed by atoms with Gasteiger partial charge >= 0.3 is 0 Å². The zero-order valence-corrected chi connectivity index (χ0v) is 11.7. The molecule has 3 nitrogen and oxygen atoms in total. The van der Waals surface area contributed by atoms with Crippen LogP contribution in [0.1, 0.15) is 22.8 Å². The summed E-state index contributed by atoms with van der Waals surface area (Å²) in [4.78, 5) is 0. The van der Waals surface area contributed by atoms with Gasteiger partial charge in [-0.1, -0.05) is 36.4 Å². The monoisotopic (exact) mass is 287 g/mol. The van der Waals surface area contributed by atoms with Gasteiger partial charge < -0.3 is 15.2 Å². The topological polar surface area (TPSA) is 44.5 Å². The number of ether oxygens (including phenoxy) is 2. The molecule has 0 radical (unpaired) electrons. The highest BCUT2D eigenvalue weighted by molar-refractivity contribution is 5.35. The summed E-state index contributed by atoms with van der Waals surface area (Å²) in [7, 11) is 0. The van der Waals surface area contributed by atoms with Gasteiger partial charge in [0.1, 0.15) is 12.7 Å². The Labute approximate surface area is 123 Å². The molecule has 1 heterocycles. The maximum absolute atomic E-state index is 13.9. The number of nitrogens with two attached hydrogens (primary N) is 1. The number of para-hydroxylation sites is 1. The minimum Gasteiger partial charge on any atom is -0.487 e. The van der Waals surface area contributed by atoms with Crippen molar-refractivity contribution in [3.8, 4) is 5.75 Å². The average Bonchev–Trinajstić information content (AvgIpc) is 2.53. The molecule has 0 saturated carbocycles. The SMILES string of the molecule is NCc1cccc(F)c1OCC1OCCc2ccccc21. The van der Waals surface area contributed by atoms with Crippen molar-refractivity contribution in [3.63, 3.8) is 0 Å². The van der Waals surface area contributed by atoms with Crippen molar-refractivity contribution in [2.75, 3.05) is 13.2 Å². The van der Waals surface area contributed by atoms with E-state index in [1.807, 2.05) is 18.2 Å². The van der Waals surface area contributed by atoms with E-state index in [1.54, 1.807) is 12.1 Å². The first-order valence-electron chi connectivity index (χ1n) is 7.09. The van der Waals surface area contributed by atoms with Crippen molar-refractivity contribution in [1.29, 1.82) is 0 Å². The van der Waals surface area contributed by atoms with Gasteiger partial charge in [0.15, 0.2) is 11.6 Å². The van der Waals surface area contributed by atoms with Crippen molar-refractivity contribution in [1.82, 2.24) is 0 Å². The van der Waals surface area contributed by atoms with Crippen molar-refractivity contribution in [2.24, 2.45) is 5.73 Å². The molecule has 1 atom stereocenters. The predicted octanol–water partition coefficient (Wildman–Crippen LogP) is 2.98. The molecule has 0 aromatic heterocycles. The zero-order valence-electron chi connectivity index (χ0n) is 11.7. The molecule has 1 unspecified atom stereocenters. The Morgan fingerprint density at radius 3 is 2.90 bits per heavy atom. The molecule has 110 valence electrons. The minimum absolute atomic E-state index is 0.166. The second-order valence-electron chi connectivity index (χ2n) is 5.05. The lowest BCUT2D eigenvalue weighted by Crippen LogP contribution is -2.22. The van der Waals surface area contributed by atoms with Crippen LogP contribution in [-0.2, 0) is 17.7 Å². The Hall–Kier alpha value is -1.91. The van der Waals surface area contributed by atoms with Gasteiger partial charge in [0.25, 0.3) is 0 Å². The third kappa shape index (κ3) is 2.91. The lowest BCUT2D eigenvalue weighted by molar-refractivity contribution is 0.00913. The highest BCUT2D eigenvalue weighted by Gasteiger charge is 2.22. The summed E-state index contributed by atoms with van der Waals surface area (Å²) in [6, 6.07) is 12.9. The molecule has 2 N–H and O–H groups in total. The first-order valence-corrected chi connectivity index (χ1v) is 7.09. The molecule has 3 rings (SSSR count). The van der Waals surface area contributed by atoms with Crippen LogP contribution in [0.15, 0.2) is 42.5 Å². The van der Waals surface area contributed by atoms with Gasteiger partial charge in [0, 0.05) is 12.1 Å². The Morgan fingerprint density at radius 2 is 2.05 bits per heavy atom. The Morgan fingerprint density at radius 1 is 1.19 bits per heavy atom. The highest BCUT2D eigenvalue weighted by Crippen LogP contribution is 2.29. The number of halogens is 1. The summed E-state index contributed by atoms with van der Waals surface area (Å²) in [5.41, 5.74) is 8.68. The first kappa shape index (κ1) is 14.0. The van der Waals surface area contributed by atoms with Crippen LogP contribution in [0.4, 0.5) is 4.39 Å². The van der Waals surface area contributed by atoms with E-state index in [4.69, 9.17) is 15.2 Å². The summed E-state index contributed by atoms with van der Waals surface area (Å²) < 4.78 is 25.3. The largest absolute Gasteiger partial charge is 0.487 e. The van der Waals surface area contributed by atoms with Crippen molar-refractivity contribution in [2.45, 2.75) is 19.1 Å². The van der Waals surface area contributed by atoms with Crippen LogP contribution in [0.25, 0.3) is 0 Å². The van der Waals surface area contributed by atoms with Crippen LogP contribution < -0.4 is 10.5 Å². The smallest absolute Gasteiger partial charge is 0.165 e. The molecular formula is C17H18FNO2. The fraction of sp³-hybridized carbons (Fsp3) is 0.294. The van der Waals surface area contributed by atoms with E-state index >= 15 is 0 Å². The predicted molar refractivity (Wildman–Crippen MR) is 78.6 cm³/mol. The van der Waals surface area contributed by atoms with Crippen molar-refractivity contribution >= 4 is 0 Å². The van der Waals surface area contributed by atoms with E-state index in [1.165, 1.54) is 11.6 Å². The normalized spacial score (nSPS) is 17.3. The lowest BCUT2D eigenvalue weighted by Gasteiger charge is -2.26. The molecule has 0 bridgehead atoms. The van der Waals surface area contributed by atoms with Crippen LogP contribution in [0.3, 0.4) is 0 Å². The van der Waals surface area contributed by atoms with E-state index in [9.17, 15) is 4.39 Å². The molecule has 0 aliphatic carbocycles. The molecule has 0 saturated heterocycles. The average molecular weight is 287 g/mol. The molecule has 0 amide bonds. The molecule has 2 aromatic carbocycles. The van der Waals surface area contributed by atoms with E-state index in [0.717, 1.165) is 12.0 Å². The number of fused-ring (bicyclic) bond motifs is 1. The van der Waals surface area contributed by atoms with Crippen LogP contribution in [0.5, 0.6) is 5.75 Å². The molecule has 4 heteroatoms. The van der Waals surface area contributed by atoms with E-state index in [-0.39, 0.29) is 30.8 Å². The van der Waals surface area contributed by atoms with Crippen LogP contribution in [0, 0.1) is 5.82 Å². The van der Waals surface area contributed by atoms with Gasteiger partial charge in [-0.2, -0.15) is 0 Å².